The lowest BCUT2D eigenvalue weighted by Gasteiger charge is -2.22. The number of urea groups is 1. The smallest absolute Gasteiger partial charge is 0.319 e. The first-order valence-electron chi connectivity index (χ1n) is 7.19. The van der Waals surface area contributed by atoms with E-state index in [0.29, 0.717) is 12.6 Å². The average Bonchev–Trinajstić information content (AvgIpc) is 2.46. The van der Waals surface area contributed by atoms with Crippen molar-refractivity contribution in [2.45, 2.75) is 38.1 Å². The molecule has 0 atom stereocenters. The molecule has 1 aromatic rings. The molecule has 0 radical (unpaired) electrons. The molecule has 0 bridgehead atoms. The van der Waals surface area contributed by atoms with E-state index in [9.17, 15) is 4.79 Å². The number of benzene rings is 1. The second-order valence-corrected chi connectivity index (χ2v) is 5.06. The SMILES string of the molecule is C=CCOc1cccc(NC(=O)NC2CCCCC2)c1. The van der Waals surface area contributed by atoms with Gasteiger partial charge in [0.05, 0.1) is 0 Å². The number of nitrogens with one attached hydrogen (secondary N) is 2. The molecule has 108 valence electrons. The Bertz CT molecular complexity index is 454. The number of anilines is 1. The highest BCUT2D eigenvalue weighted by atomic mass is 16.5. The van der Waals surface area contributed by atoms with E-state index in [-0.39, 0.29) is 6.03 Å². The molecule has 20 heavy (non-hydrogen) atoms. The van der Waals surface area contributed by atoms with Crippen molar-refractivity contribution in [1.29, 1.82) is 0 Å². The third-order valence-electron chi connectivity index (χ3n) is 3.40. The molecule has 0 unspecified atom stereocenters. The summed E-state index contributed by atoms with van der Waals surface area (Å²) in [6.07, 6.45) is 7.54. The summed E-state index contributed by atoms with van der Waals surface area (Å²) >= 11 is 0. The molecule has 0 aliphatic heterocycles. The minimum absolute atomic E-state index is 0.141. The van der Waals surface area contributed by atoms with E-state index >= 15 is 0 Å². The number of ether oxygens (including phenoxy) is 1. The summed E-state index contributed by atoms with van der Waals surface area (Å²) in [4.78, 5) is 11.9. The summed E-state index contributed by atoms with van der Waals surface area (Å²) in [7, 11) is 0. The van der Waals surface area contributed by atoms with Crippen molar-refractivity contribution in [2.24, 2.45) is 0 Å². The van der Waals surface area contributed by atoms with Crippen molar-refractivity contribution >= 4 is 11.7 Å². The first-order valence-corrected chi connectivity index (χ1v) is 7.19. The van der Waals surface area contributed by atoms with Crippen LogP contribution in [0, 0.1) is 0 Å². The van der Waals surface area contributed by atoms with E-state index in [1.165, 1.54) is 19.3 Å². The minimum atomic E-state index is -0.141. The van der Waals surface area contributed by atoms with Crippen molar-refractivity contribution in [2.75, 3.05) is 11.9 Å². The number of rotatable bonds is 5. The zero-order chi connectivity index (χ0) is 14.2. The number of amides is 2. The van der Waals surface area contributed by atoms with Gasteiger partial charge in [0.25, 0.3) is 0 Å². The Kier molecular flexibility index (Phi) is 5.47. The van der Waals surface area contributed by atoms with Gasteiger partial charge in [0.1, 0.15) is 12.4 Å². The number of hydrogen-bond donors (Lipinski definition) is 2. The summed E-state index contributed by atoms with van der Waals surface area (Å²) in [6, 6.07) is 7.54. The lowest BCUT2D eigenvalue weighted by Crippen LogP contribution is -2.38. The molecule has 1 aromatic carbocycles. The summed E-state index contributed by atoms with van der Waals surface area (Å²) < 4.78 is 5.44. The van der Waals surface area contributed by atoms with Gasteiger partial charge in [-0.25, -0.2) is 4.79 Å². The highest BCUT2D eigenvalue weighted by Gasteiger charge is 2.15. The Morgan fingerprint density at radius 2 is 2.15 bits per heavy atom. The first kappa shape index (κ1) is 14.4. The van der Waals surface area contributed by atoms with Crippen LogP contribution in [0.3, 0.4) is 0 Å². The molecule has 4 nitrogen and oxygen atoms in total. The highest BCUT2D eigenvalue weighted by Crippen LogP contribution is 2.19. The van der Waals surface area contributed by atoms with Gasteiger partial charge in [-0.2, -0.15) is 0 Å². The normalized spacial score (nSPS) is 15.4. The predicted octanol–water partition coefficient (Wildman–Crippen LogP) is 3.71. The molecule has 0 aromatic heterocycles. The number of hydrogen-bond acceptors (Lipinski definition) is 2. The molecule has 0 heterocycles. The van der Waals surface area contributed by atoms with E-state index in [1.807, 2.05) is 24.3 Å². The van der Waals surface area contributed by atoms with Crippen LogP contribution in [-0.4, -0.2) is 18.7 Å². The van der Waals surface area contributed by atoms with Gasteiger partial charge in [-0.1, -0.05) is 38.0 Å². The van der Waals surface area contributed by atoms with Crippen molar-refractivity contribution in [1.82, 2.24) is 5.32 Å². The van der Waals surface area contributed by atoms with Gasteiger partial charge < -0.3 is 15.4 Å². The maximum Gasteiger partial charge on any atom is 0.319 e. The Hall–Kier alpha value is -1.97. The van der Waals surface area contributed by atoms with E-state index in [4.69, 9.17) is 4.74 Å². The topological polar surface area (TPSA) is 50.4 Å². The van der Waals surface area contributed by atoms with Crippen LogP contribution in [0.4, 0.5) is 10.5 Å². The quantitative estimate of drug-likeness (QED) is 0.804. The molecular formula is C16H22N2O2. The van der Waals surface area contributed by atoms with Gasteiger partial charge in [0.2, 0.25) is 0 Å². The van der Waals surface area contributed by atoms with E-state index in [1.54, 1.807) is 6.08 Å². The molecule has 1 aliphatic carbocycles. The summed E-state index contributed by atoms with van der Waals surface area (Å²) in [5.41, 5.74) is 0.736. The van der Waals surface area contributed by atoms with E-state index in [2.05, 4.69) is 17.2 Å². The maximum atomic E-state index is 11.9. The molecular weight excluding hydrogens is 252 g/mol. The first-order chi connectivity index (χ1) is 9.78. The number of carbonyl (C=O) groups excluding carboxylic acids is 1. The third kappa shape index (κ3) is 4.61. The van der Waals surface area contributed by atoms with Crippen LogP contribution in [0.5, 0.6) is 5.75 Å². The predicted molar refractivity (Wildman–Crippen MR) is 81.2 cm³/mol. The number of carbonyl (C=O) groups is 1. The van der Waals surface area contributed by atoms with Crippen LogP contribution >= 0.6 is 0 Å². The largest absolute Gasteiger partial charge is 0.489 e. The summed E-state index contributed by atoms with van der Waals surface area (Å²) in [5.74, 6) is 0.723. The van der Waals surface area contributed by atoms with E-state index in [0.717, 1.165) is 24.3 Å². The summed E-state index contributed by atoms with van der Waals surface area (Å²) in [5, 5.41) is 5.87. The van der Waals surface area contributed by atoms with Crippen LogP contribution in [-0.2, 0) is 0 Å². The lowest BCUT2D eigenvalue weighted by atomic mass is 9.96. The molecule has 1 saturated carbocycles. The average molecular weight is 274 g/mol. The van der Waals surface area contributed by atoms with Gasteiger partial charge in [-0.15, -0.1) is 0 Å². The standard InChI is InChI=1S/C16H22N2O2/c1-2-11-20-15-10-6-9-14(12-15)18-16(19)17-13-7-4-3-5-8-13/h2,6,9-10,12-13H,1,3-5,7-8,11H2,(H2,17,18,19). The second kappa shape index (κ2) is 7.58. The van der Waals surface area contributed by atoms with Crippen LogP contribution in [0.2, 0.25) is 0 Å². The van der Waals surface area contributed by atoms with Gasteiger partial charge in [0, 0.05) is 17.8 Å². The fraction of sp³-hybridized carbons (Fsp3) is 0.438. The van der Waals surface area contributed by atoms with Crippen molar-refractivity contribution in [3.05, 3.63) is 36.9 Å². The van der Waals surface area contributed by atoms with Crippen molar-refractivity contribution in [3.63, 3.8) is 0 Å². The summed E-state index contributed by atoms with van der Waals surface area (Å²) in [6.45, 7) is 4.06. The van der Waals surface area contributed by atoms with Crippen molar-refractivity contribution in [3.8, 4) is 5.75 Å². The maximum absolute atomic E-state index is 11.9. The van der Waals surface area contributed by atoms with Crippen molar-refractivity contribution < 1.29 is 9.53 Å². The van der Waals surface area contributed by atoms with Crippen LogP contribution in [0.15, 0.2) is 36.9 Å². The fourth-order valence-electron chi connectivity index (χ4n) is 2.42. The zero-order valence-corrected chi connectivity index (χ0v) is 11.7. The van der Waals surface area contributed by atoms with E-state index < -0.39 is 0 Å². The van der Waals surface area contributed by atoms with Gasteiger partial charge in [-0.3, -0.25) is 0 Å². The molecule has 0 saturated heterocycles. The van der Waals surface area contributed by atoms with Crippen LogP contribution in [0.25, 0.3) is 0 Å². The molecule has 2 N–H and O–H groups in total. The monoisotopic (exact) mass is 274 g/mol. The van der Waals surface area contributed by atoms with Crippen LogP contribution in [0.1, 0.15) is 32.1 Å². The molecule has 0 spiro atoms. The molecule has 1 fully saturated rings. The second-order valence-electron chi connectivity index (χ2n) is 5.06. The van der Waals surface area contributed by atoms with Gasteiger partial charge in [0.15, 0.2) is 0 Å². The fourth-order valence-corrected chi connectivity index (χ4v) is 2.42. The molecule has 4 heteroatoms. The molecule has 1 aliphatic rings. The van der Waals surface area contributed by atoms with Crippen LogP contribution < -0.4 is 15.4 Å². The van der Waals surface area contributed by atoms with Gasteiger partial charge in [-0.05, 0) is 25.0 Å². The Labute approximate surface area is 120 Å². The Balaban J connectivity index is 1.85. The lowest BCUT2D eigenvalue weighted by molar-refractivity contribution is 0.244. The molecule has 2 amide bonds. The third-order valence-corrected chi connectivity index (χ3v) is 3.40. The molecule has 2 rings (SSSR count). The highest BCUT2D eigenvalue weighted by molar-refractivity contribution is 5.89. The zero-order valence-electron chi connectivity index (χ0n) is 11.7. The van der Waals surface area contributed by atoms with Gasteiger partial charge >= 0.3 is 6.03 Å². The Morgan fingerprint density at radius 1 is 1.35 bits per heavy atom. The Morgan fingerprint density at radius 3 is 2.90 bits per heavy atom. The minimum Gasteiger partial charge on any atom is -0.489 e.